The fraction of sp³-hybridized carbons (Fsp3) is 0.500. The molecule has 1 aliphatic rings. The molecule has 2 rings (SSSR count). The molecule has 4 nitrogen and oxygen atoms in total. The van der Waals surface area contributed by atoms with Crippen molar-refractivity contribution in [3.63, 3.8) is 0 Å². The Balaban J connectivity index is 2.39. The third-order valence-electron chi connectivity index (χ3n) is 3.50. The van der Waals surface area contributed by atoms with Gasteiger partial charge in [-0.2, -0.15) is 4.31 Å². The van der Waals surface area contributed by atoms with E-state index in [0.717, 1.165) is 6.42 Å². The lowest BCUT2D eigenvalue weighted by Gasteiger charge is -2.34. The minimum Gasteiger partial charge on any atom is -0.298 e. The predicted molar refractivity (Wildman–Crippen MR) is 73.5 cm³/mol. The Hall–Kier alpha value is -1.20. The van der Waals surface area contributed by atoms with Gasteiger partial charge in [0.05, 0.1) is 4.90 Å². The lowest BCUT2D eigenvalue weighted by Crippen LogP contribution is -2.42. The topological polar surface area (TPSA) is 54.5 Å². The molecule has 0 amide bonds. The van der Waals surface area contributed by atoms with Gasteiger partial charge in [0.15, 0.2) is 6.29 Å². The molecule has 5 heteroatoms. The van der Waals surface area contributed by atoms with E-state index in [1.807, 2.05) is 0 Å². The van der Waals surface area contributed by atoms with Crippen molar-refractivity contribution in [3.8, 4) is 0 Å². The number of hydrogen-bond acceptors (Lipinski definition) is 3. The summed E-state index contributed by atoms with van der Waals surface area (Å²) in [6, 6.07) is 6.36. The average molecular weight is 281 g/mol. The highest BCUT2D eigenvalue weighted by Crippen LogP contribution is 2.27. The molecule has 1 aromatic rings. The van der Waals surface area contributed by atoms with Crippen LogP contribution in [0.15, 0.2) is 29.2 Å². The van der Waals surface area contributed by atoms with Crippen molar-refractivity contribution in [3.05, 3.63) is 29.8 Å². The molecule has 2 atom stereocenters. The average Bonchev–Trinajstić information content (AvgIpc) is 2.37. The normalized spacial score (nSPS) is 25.2. The van der Waals surface area contributed by atoms with E-state index in [1.54, 1.807) is 12.1 Å². The summed E-state index contributed by atoms with van der Waals surface area (Å²) in [5.74, 6) is 0.698. The zero-order chi connectivity index (χ0) is 14.0. The summed E-state index contributed by atoms with van der Waals surface area (Å²) >= 11 is 0. The summed E-state index contributed by atoms with van der Waals surface area (Å²) in [5.41, 5.74) is 0.230. The minimum absolute atomic E-state index is 0.117. The Kier molecular flexibility index (Phi) is 4.06. The van der Waals surface area contributed by atoms with Crippen LogP contribution in [0.5, 0.6) is 0 Å². The van der Waals surface area contributed by atoms with Crippen LogP contribution in [0.3, 0.4) is 0 Å². The van der Waals surface area contributed by atoms with Crippen molar-refractivity contribution >= 4 is 16.3 Å². The molecule has 1 fully saturated rings. The number of rotatable bonds is 3. The number of benzene rings is 1. The molecule has 0 spiro atoms. The summed E-state index contributed by atoms with van der Waals surface area (Å²) in [6.45, 7) is 5.17. The number of carbonyl (C=O) groups is 1. The van der Waals surface area contributed by atoms with Crippen LogP contribution in [0.4, 0.5) is 0 Å². The van der Waals surface area contributed by atoms with Gasteiger partial charge in [0.25, 0.3) is 0 Å². The molecule has 1 aliphatic heterocycles. The van der Waals surface area contributed by atoms with Gasteiger partial charge in [-0.15, -0.1) is 0 Å². The summed E-state index contributed by atoms with van der Waals surface area (Å²) in [7, 11) is -3.57. The van der Waals surface area contributed by atoms with Crippen LogP contribution in [-0.2, 0) is 10.0 Å². The maximum absolute atomic E-state index is 12.6. The van der Waals surface area contributed by atoms with E-state index in [2.05, 4.69) is 13.8 Å². The third kappa shape index (κ3) is 2.87. The van der Waals surface area contributed by atoms with E-state index in [-0.39, 0.29) is 10.5 Å². The van der Waals surface area contributed by atoms with Gasteiger partial charge in [-0.3, -0.25) is 4.79 Å². The Bertz CT molecular complexity index is 558. The molecular formula is C14H19NO3S. The number of carbonyl (C=O) groups excluding carboxylic acids is 1. The molecule has 1 heterocycles. The van der Waals surface area contributed by atoms with Crippen LogP contribution in [0.25, 0.3) is 0 Å². The highest BCUT2D eigenvalue weighted by Gasteiger charge is 2.32. The van der Waals surface area contributed by atoms with Gasteiger partial charge in [-0.1, -0.05) is 32.0 Å². The second kappa shape index (κ2) is 5.43. The van der Waals surface area contributed by atoms with Gasteiger partial charge in [0.2, 0.25) is 10.0 Å². The highest BCUT2D eigenvalue weighted by atomic mass is 32.2. The van der Waals surface area contributed by atoms with Crippen molar-refractivity contribution in [1.82, 2.24) is 4.31 Å². The molecule has 0 radical (unpaired) electrons. The maximum Gasteiger partial charge on any atom is 0.243 e. The number of nitrogens with zero attached hydrogens (tertiary/aromatic N) is 1. The molecular weight excluding hydrogens is 262 g/mol. The first-order valence-corrected chi connectivity index (χ1v) is 7.93. The van der Waals surface area contributed by atoms with E-state index in [0.29, 0.717) is 31.2 Å². The van der Waals surface area contributed by atoms with E-state index < -0.39 is 10.0 Å². The first-order valence-electron chi connectivity index (χ1n) is 6.49. The van der Waals surface area contributed by atoms with E-state index in [1.165, 1.54) is 16.4 Å². The van der Waals surface area contributed by atoms with E-state index in [4.69, 9.17) is 0 Å². The maximum atomic E-state index is 12.6. The lowest BCUT2D eigenvalue weighted by molar-refractivity contribution is 0.112. The fourth-order valence-electron chi connectivity index (χ4n) is 2.75. The standard InChI is InChI=1S/C14H19NO3S/c1-11-7-12(2)9-15(8-11)19(17,18)14-6-4-3-5-13(14)10-16/h3-6,10-12H,7-9H2,1-2H3/t11-,12-/m0/s1. The number of aldehydes is 1. The minimum atomic E-state index is -3.57. The zero-order valence-electron chi connectivity index (χ0n) is 11.2. The van der Waals surface area contributed by atoms with Crippen molar-refractivity contribution < 1.29 is 13.2 Å². The van der Waals surface area contributed by atoms with Crippen LogP contribution in [0.1, 0.15) is 30.6 Å². The van der Waals surface area contributed by atoms with Gasteiger partial charge in [-0.25, -0.2) is 8.42 Å². The van der Waals surface area contributed by atoms with Crippen LogP contribution in [-0.4, -0.2) is 32.1 Å². The quantitative estimate of drug-likeness (QED) is 0.798. The molecule has 1 aromatic carbocycles. The first kappa shape index (κ1) is 14.2. The molecule has 19 heavy (non-hydrogen) atoms. The predicted octanol–water partition coefficient (Wildman–Crippen LogP) is 2.17. The van der Waals surface area contributed by atoms with Crippen LogP contribution < -0.4 is 0 Å². The van der Waals surface area contributed by atoms with Gasteiger partial charge in [0.1, 0.15) is 0 Å². The summed E-state index contributed by atoms with van der Waals surface area (Å²) in [5, 5.41) is 0. The largest absolute Gasteiger partial charge is 0.298 e. The highest BCUT2D eigenvalue weighted by molar-refractivity contribution is 7.89. The summed E-state index contributed by atoms with van der Waals surface area (Å²) in [4.78, 5) is 11.1. The van der Waals surface area contributed by atoms with Gasteiger partial charge < -0.3 is 0 Å². The number of sulfonamides is 1. The van der Waals surface area contributed by atoms with E-state index >= 15 is 0 Å². The smallest absolute Gasteiger partial charge is 0.243 e. The van der Waals surface area contributed by atoms with Gasteiger partial charge in [-0.05, 0) is 24.3 Å². The van der Waals surface area contributed by atoms with Crippen LogP contribution in [0.2, 0.25) is 0 Å². The molecule has 0 aliphatic carbocycles. The van der Waals surface area contributed by atoms with Crippen molar-refractivity contribution in [2.75, 3.05) is 13.1 Å². The molecule has 104 valence electrons. The second-order valence-electron chi connectivity index (χ2n) is 5.42. The lowest BCUT2D eigenvalue weighted by atomic mass is 9.94. The SMILES string of the molecule is C[C@H]1C[C@H](C)CN(S(=O)(=O)c2ccccc2C=O)C1. The molecule has 0 bridgehead atoms. The molecule has 0 unspecified atom stereocenters. The van der Waals surface area contributed by atoms with Crippen molar-refractivity contribution in [2.45, 2.75) is 25.2 Å². The summed E-state index contributed by atoms with van der Waals surface area (Å²) in [6.07, 6.45) is 1.64. The van der Waals surface area contributed by atoms with Crippen LogP contribution >= 0.6 is 0 Å². The molecule has 0 N–H and O–H groups in total. The molecule has 1 saturated heterocycles. The fourth-order valence-corrected chi connectivity index (χ4v) is 4.60. The Morgan fingerprint density at radius 2 is 1.74 bits per heavy atom. The van der Waals surface area contributed by atoms with Crippen molar-refractivity contribution in [1.29, 1.82) is 0 Å². The van der Waals surface area contributed by atoms with Crippen LogP contribution in [0, 0.1) is 11.8 Å². The summed E-state index contributed by atoms with van der Waals surface area (Å²) < 4.78 is 26.8. The zero-order valence-corrected chi connectivity index (χ0v) is 12.1. The van der Waals surface area contributed by atoms with Gasteiger partial charge in [0, 0.05) is 18.7 Å². The third-order valence-corrected chi connectivity index (χ3v) is 5.40. The Labute approximate surface area is 114 Å². The Morgan fingerprint density at radius 3 is 2.32 bits per heavy atom. The molecule has 0 aromatic heterocycles. The second-order valence-corrected chi connectivity index (χ2v) is 7.33. The number of piperidine rings is 1. The molecule has 0 saturated carbocycles. The van der Waals surface area contributed by atoms with E-state index in [9.17, 15) is 13.2 Å². The monoisotopic (exact) mass is 281 g/mol. The Morgan fingerprint density at radius 1 is 1.16 bits per heavy atom. The van der Waals surface area contributed by atoms with Crippen molar-refractivity contribution in [2.24, 2.45) is 11.8 Å². The first-order chi connectivity index (χ1) is 8.95. The number of hydrogen-bond donors (Lipinski definition) is 0. The van der Waals surface area contributed by atoms with Gasteiger partial charge >= 0.3 is 0 Å².